The molecule has 2 atom stereocenters. The van der Waals surface area contributed by atoms with Crippen molar-refractivity contribution < 1.29 is 14.4 Å². The van der Waals surface area contributed by atoms with E-state index in [0.717, 1.165) is 24.8 Å². The summed E-state index contributed by atoms with van der Waals surface area (Å²) in [6.07, 6.45) is 3.13. The third kappa shape index (κ3) is 2.54. The molecular formula is C14H17NO3. The van der Waals surface area contributed by atoms with E-state index in [1.165, 1.54) is 5.06 Å². The van der Waals surface area contributed by atoms with E-state index in [9.17, 15) is 4.79 Å². The van der Waals surface area contributed by atoms with Crippen molar-refractivity contribution in [2.45, 2.75) is 44.6 Å². The van der Waals surface area contributed by atoms with E-state index in [4.69, 9.17) is 9.57 Å². The molecule has 4 heteroatoms. The smallest absolute Gasteiger partial charge is 0.249 e. The van der Waals surface area contributed by atoms with Gasteiger partial charge in [-0.05, 0) is 18.4 Å². The Bertz CT molecular complexity index is 420. The lowest BCUT2D eigenvalue weighted by Gasteiger charge is -2.27. The lowest BCUT2D eigenvalue weighted by Crippen LogP contribution is -2.32. The van der Waals surface area contributed by atoms with Gasteiger partial charge in [-0.25, -0.2) is 9.90 Å². The summed E-state index contributed by atoms with van der Waals surface area (Å²) in [5.74, 6) is 0.0215. The van der Waals surface area contributed by atoms with Gasteiger partial charge in [-0.2, -0.15) is 0 Å². The summed E-state index contributed by atoms with van der Waals surface area (Å²) in [5, 5.41) is 1.46. The quantitative estimate of drug-likeness (QED) is 0.804. The predicted octanol–water partition coefficient (Wildman–Crippen LogP) is 2.25. The number of carbonyl (C=O) groups is 1. The van der Waals surface area contributed by atoms with Crippen LogP contribution in [0.25, 0.3) is 0 Å². The number of hydrogen-bond acceptors (Lipinski definition) is 3. The summed E-state index contributed by atoms with van der Waals surface area (Å²) in [5.41, 5.74) is 1.07. The molecular weight excluding hydrogens is 230 g/mol. The topological polar surface area (TPSA) is 38.8 Å². The number of carbonyl (C=O) groups excluding carboxylic acids is 1. The largest absolute Gasteiger partial charge is 0.346 e. The molecule has 0 radical (unpaired) electrons. The Balaban J connectivity index is 1.72. The predicted molar refractivity (Wildman–Crippen MR) is 65.2 cm³/mol. The zero-order valence-electron chi connectivity index (χ0n) is 10.2. The fraction of sp³-hybridized carbons (Fsp3) is 0.500. The highest BCUT2D eigenvalue weighted by atomic mass is 16.8. The van der Waals surface area contributed by atoms with E-state index >= 15 is 0 Å². The summed E-state index contributed by atoms with van der Waals surface area (Å²) in [7, 11) is 0. The summed E-state index contributed by atoms with van der Waals surface area (Å²) in [6, 6.07) is 9.88. The maximum atomic E-state index is 12.1. The minimum absolute atomic E-state index is 0.0215. The Morgan fingerprint density at radius 3 is 2.89 bits per heavy atom. The van der Waals surface area contributed by atoms with Gasteiger partial charge in [0.1, 0.15) is 0 Å². The number of hydroxylamine groups is 2. The van der Waals surface area contributed by atoms with Crippen LogP contribution in [0.15, 0.2) is 30.3 Å². The molecule has 18 heavy (non-hydrogen) atoms. The average molecular weight is 247 g/mol. The van der Waals surface area contributed by atoms with Gasteiger partial charge in [0.25, 0.3) is 0 Å². The zero-order valence-corrected chi connectivity index (χ0v) is 10.2. The Labute approximate surface area is 106 Å². The maximum Gasteiger partial charge on any atom is 0.249 e. The van der Waals surface area contributed by atoms with Gasteiger partial charge in [-0.3, -0.25) is 4.79 Å². The number of fused-ring (bicyclic) bond motifs is 2. The van der Waals surface area contributed by atoms with Gasteiger partial charge in [0.05, 0.1) is 19.1 Å². The second-order valence-electron chi connectivity index (χ2n) is 4.84. The van der Waals surface area contributed by atoms with Gasteiger partial charge in [0, 0.05) is 6.42 Å². The van der Waals surface area contributed by atoms with Crippen molar-refractivity contribution in [3.8, 4) is 0 Å². The second kappa shape index (κ2) is 5.08. The minimum Gasteiger partial charge on any atom is -0.346 e. The molecule has 0 saturated carbocycles. The maximum absolute atomic E-state index is 12.1. The first-order valence-electron chi connectivity index (χ1n) is 6.48. The Kier molecular flexibility index (Phi) is 3.30. The first-order chi connectivity index (χ1) is 8.81. The minimum atomic E-state index is -0.251. The molecule has 0 unspecified atom stereocenters. The van der Waals surface area contributed by atoms with Crippen LogP contribution in [0.3, 0.4) is 0 Å². The molecule has 3 rings (SSSR count). The van der Waals surface area contributed by atoms with Gasteiger partial charge in [-0.1, -0.05) is 30.3 Å². The van der Waals surface area contributed by atoms with E-state index in [-0.39, 0.29) is 18.3 Å². The van der Waals surface area contributed by atoms with Crippen molar-refractivity contribution in [1.82, 2.24) is 5.06 Å². The summed E-state index contributed by atoms with van der Waals surface area (Å²) in [6.45, 7) is 0.492. The van der Waals surface area contributed by atoms with Gasteiger partial charge in [-0.15, -0.1) is 0 Å². The monoisotopic (exact) mass is 247 g/mol. The third-order valence-corrected chi connectivity index (χ3v) is 3.40. The normalized spacial score (nSPS) is 28.0. The van der Waals surface area contributed by atoms with Crippen LogP contribution in [0.1, 0.15) is 31.2 Å². The number of hydrogen-bond donors (Lipinski definition) is 0. The third-order valence-electron chi connectivity index (χ3n) is 3.40. The molecule has 2 fully saturated rings. The molecule has 0 N–H and O–H groups in total. The van der Waals surface area contributed by atoms with Crippen molar-refractivity contribution in [3.05, 3.63) is 35.9 Å². The lowest BCUT2D eigenvalue weighted by atomic mass is 10.1. The van der Waals surface area contributed by atoms with Crippen molar-refractivity contribution >= 4 is 5.91 Å². The molecule has 96 valence electrons. The molecule has 2 bridgehead atoms. The van der Waals surface area contributed by atoms with E-state index < -0.39 is 0 Å². The Morgan fingerprint density at radius 2 is 2.06 bits per heavy atom. The van der Waals surface area contributed by atoms with Crippen LogP contribution in [-0.2, 0) is 20.9 Å². The summed E-state index contributed by atoms with van der Waals surface area (Å²) < 4.78 is 5.70. The number of nitrogens with zero attached hydrogens (tertiary/aromatic N) is 1. The van der Waals surface area contributed by atoms with Crippen molar-refractivity contribution in [1.29, 1.82) is 0 Å². The van der Waals surface area contributed by atoms with Gasteiger partial charge < -0.3 is 4.74 Å². The fourth-order valence-electron chi connectivity index (χ4n) is 2.46. The van der Waals surface area contributed by atoms with Crippen LogP contribution in [0.4, 0.5) is 0 Å². The number of ether oxygens (including phenoxy) is 1. The standard InChI is InChI=1S/C14H17NO3/c16-13-9-12-7-4-8-14(17-12)18-15(13)10-11-5-2-1-3-6-11/h1-3,5-6,12,14H,4,7-10H2/t12-,14-/m0/s1. The number of rotatable bonds is 2. The van der Waals surface area contributed by atoms with Crippen LogP contribution in [0.2, 0.25) is 0 Å². The molecule has 0 aliphatic carbocycles. The summed E-state index contributed by atoms with van der Waals surface area (Å²) >= 11 is 0. The summed E-state index contributed by atoms with van der Waals surface area (Å²) in [4.78, 5) is 17.7. The SMILES string of the molecule is O=C1C[C@@H]2CCC[C@@H](O2)ON1Cc1ccccc1. The number of amides is 1. The van der Waals surface area contributed by atoms with Gasteiger partial charge in [0.15, 0.2) is 6.29 Å². The second-order valence-corrected chi connectivity index (χ2v) is 4.84. The molecule has 1 aromatic carbocycles. The molecule has 0 spiro atoms. The lowest BCUT2D eigenvalue weighted by molar-refractivity contribution is -0.278. The van der Waals surface area contributed by atoms with Gasteiger partial charge >= 0.3 is 0 Å². The fourth-order valence-corrected chi connectivity index (χ4v) is 2.46. The van der Waals surface area contributed by atoms with E-state index in [1.54, 1.807) is 0 Å². The molecule has 0 aromatic heterocycles. The first-order valence-corrected chi connectivity index (χ1v) is 6.48. The highest BCUT2D eigenvalue weighted by Crippen LogP contribution is 2.27. The average Bonchev–Trinajstić information content (AvgIpc) is 2.48. The van der Waals surface area contributed by atoms with Crippen molar-refractivity contribution in [3.63, 3.8) is 0 Å². The Morgan fingerprint density at radius 1 is 1.22 bits per heavy atom. The molecule has 2 aliphatic heterocycles. The zero-order chi connectivity index (χ0) is 12.4. The molecule has 1 amide bonds. The van der Waals surface area contributed by atoms with Crippen LogP contribution in [0.5, 0.6) is 0 Å². The van der Waals surface area contributed by atoms with Gasteiger partial charge in [0.2, 0.25) is 5.91 Å². The highest BCUT2D eigenvalue weighted by molar-refractivity contribution is 5.75. The van der Waals surface area contributed by atoms with Crippen molar-refractivity contribution in [2.24, 2.45) is 0 Å². The Hall–Kier alpha value is -1.39. The molecule has 4 nitrogen and oxygen atoms in total. The van der Waals surface area contributed by atoms with E-state index in [2.05, 4.69) is 0 Å². The van der Waals surface area contributed by atoms with Crippen molar-refractivity contribution in [2.75, 3.05) is 0 Å². The molecule has 2 saturated heterocycles. The van der Waals surface area contributed by atoms with Crippen LogP contribution >= 0.6 is 0 Å². The molecule has 2 heterocycles. The van der Waals surface area contributed by atoms with E-state index in [1.807, 2.05) is 30.3 Å². The van der Waals surface area contributed by atoms with Crippen LogP contribution in [0, 0.1) is 0 Å². The molecule has 1 aromatic rings. The first kappa shape index (κ1) is 11.7. The van der Waals surface area contributed by atoms with Crippen LogP contribution < -0.4 is 0 Å². The van der Waals surface area contributed by atoms with Crippen LogP contribution in [-0.4, -0.2) is 23.4 Å². The molecule has 2 aliphatic rings. The number of benzene rings is 1. The highest BCUT2D eigenvalue weighted by Gasteiger charge is 2.33. The van der Waals surface area contributed by atoms with E-state index in [0.29, 0.717) is 13.0 Å².